The second-order valence-electron chi connectivity index (χ2n) is 6.24. The van der Waals surface area contributed by atoms with Crippen LogP contribution in [0.4, 0.5) is 0 Å². The number of carbonyl (C=O) groups is 1. The van der Waals surface area contributed by atoms with Gasteiger partial charge in [0.25, 0.3) is 5.91 Å². The Bertz CT molecular complexity index is 465. The molecule has 2 heterocycles. The summed E-state index contributed by atoms with van der Waals surface area (Å²) in [5.74, 6) is 0.696. The van der Waals surface area contributed by atoms with Crippen LogP contribution in [0.15, 0.2) is 18.3 Å². The summed E-state index contributed by atoms with van der Waals surface area (Å²) < 4.78 is 5.68. The van der Waals surface area contributed by atoms with Gasteiger partial charge in [-0.3, -0.25) is 9.78 Å². The van der Waals surface area contributed by atoms with Gasteiger partial charge in [-0.2, -0.15) is 0 Å². The van der Waals surface area contributed by atoms with Crippen LogP contribution in [-0.2, 0) is 11.3 Å². The summed E-state index contributed by atoms with van der Waals surface area (Å²) in [4.78, 5) is 17.8. The van der Waals surface area contributed by atoms with Crippen LogP contribution in [0.25, 0.3) is 0 Å². The number of hydrogen-bond donors (Lipinski definition) is 1. The molecule has 0 aliphatic carbocycles. The quantitative estimate of drug-likeness (QED) is 0.908. The van der Waals surface area contributed by atoms with Crippen molar-refractivity contribution in [1.29, 1.82) is 0 Å². The molecular formula is C15H23N3O2. The van der Waals surface area contributed by atoms with Crippen molar-refractivity contribution in [3.63, 3.8) is 0 Å². The number of nitrogens with zero attached hydrogens (tertiary/aromatic N) is 2. The van der Waals surface area contributed by atoms with E-state index in [2.05, 4.69) is 31.1 Å². The van der Waals surface area contributed by atoms with E-state index in [4.69, 9.17) is 4.74 Å². The van der Waals surface area contributed by atoms with E-state index in [0.29, 0.717) is 5.75 Å². The van der Waals surface area contributed by atoms with Crippen LogP contribution in [0.2, 0.25) is 0 Å². The molecule has 1 aliphatic rings. The molecule has 5 heteroatoms. The summed E-state index contributed by atoms with van der Waals surface area (Å²) in [6.07, 6.45) is 2.06. The molecule has 1 aromatic rings. The monoisotopic (exact) mass is 277 g/mol. The fraction of sp³-hybridized carbons (Fsp3) is 0.600. The molecule has 1 saturated heterocycles. The van der Waals surface area contributed by atoms with Crippen LogP contribution in [0.3, 0.4) is 0 Å². The summed E-state index contributed by atoms with van der Waals surface area (Å²) in [6.45, 7) is 7.82. The molecule has 0 bridgehead atoms. The summed E-state index contributed by atoms with van der Waals surface area (Å²) in [7, 11) is 1.80. The normalized spacial score (nSPS) is 19.5. The number of amides is 1. The Labute approximate surface area is 120 Å². The molecule has 0 saturated carbocycles. The van der Waals surface area contributed by atoms with Gasteiger partial charge in [0.2, 0.25) is 0 Å². The van der Waals surface area contributed by atoms with Crippen molar-refractivity contribution in [3.05, 3.63) is 24.0 Å². The zero-order valence-corrected chi connectivity index (χ0v) is 12.6. The summed E-state index contributed by atoms with van der Waals surface area (Å²) in [6, 6.07) is 3.80. The Balaban J connectivity index is 1.90. The van der Waals surface area contributed by atoms with Crippen LogP contribution < -0.4 is 10.1 Å². The average Bonchev–Trinajstić information content (AvgIpc) is 2.69. The molecule has 1 aliphatic heterocycles. The molecule has 1 atom stereocenters. The number of rotatable bonds is 4. The van der Waals surface area contributed by atoms with E-state index < -0.39 is 0 Å². The van der Waals surface area contributed by atoms with Crippen LogP contribution in [0.1, 0.15) is 32.9 Å². The highest BCUT2D eigenvalue weighted by Crippen LogP contribution is 2.18. The Kier molecular flexibility index (Phi) is 4.28. The predicted octanol–water partition coefficient (Wildman–Crippen LogP) is 1.58. The molecule has 0 spiro atoms. The summed E-state index contributed by atoms with van der Waals surface area (Å²) >= 11 is 0. The first kappa shape index (κ1) is 14.8. The van der Waals surface area contributed by atoms with Crippen molar-refractivity contribution in [3.8, 4) is 5.75 Å². The molecule has 20 heavy (non-hydrogen) atoms. The molecule has 5 nitrogen and oxygen atoms in total. The third-order valence-corrected chi connectivity index (χ3v) is 3.25. The minimum absolute atomic E-state index is 0.0449. The van der Waals surface area contributed by atoms with E-state index in [9.17, 15) is 4.79 Å². The van der Waals surface area contributed by atoms with Crippen molar-refractivity contribution in [1.82, 2.24) is 15.2 Å². The molecule has 1 fully saturated rings. The zero-order valence-electron chi connectivity index (χ0n) is 12.6. The van der Waals surface area contributed by atoms with Crippen LogP contribution in [0.5, 0.6) is 5.75 Å². The van der Waals surface area contributed by atoms with Crippen molar-refractivity contribution < 1.29 is 9.53 Å². The largest absolute Gasteiger partial charge is 0.479 e. The average molecular weight is 277 g/mol. The van der Waals surface area contributed by atoms with E-state index in [1.807, 2.05) is 12.1 Å². The third-order valence-electron chi connectivity index (χ3n) is 3.25. The Morgan fingerprint density at radius 2 is 2.20 bits per heavy atom. The van der Waals surface area contributed by atoms with Gasteiger partial charge < -0.3 is 15.0 Å². The van der Waals surface area contributed by atoms with E-state index in [1.54, 1.807) is 18.1 Å². The van der Waals surface area contributed by atoms with E-state index in [0.717, 1.165) is 25.2 Å². The van der Waals surface area contributed by atoms with Gasteiger partial charge in [0.1, 0.15) is 5.75 Å². The molecular weight excluding hydrogens is 254 g/mol. The number of hydrogen-bond acceptors (Lipinski definition) is 4. The van der Waals surface area contributed by atoms with Crippen LogP contribution >= 0.6 is 0 Å². The molecule has 1 aromatic heterocycles. The molecule has 110 valence electrons. The zero-order chi connectivity index (χ0) is 14.8. The van der Waals surface area contributed by atoms with E-state index in [-0.39, 0.29) is 17.6 Å². The van der Waals surface area contributed by atoms with Gasteiger partial charge in [-0.25, -0.2) is 0 Å². The van der Waals surface area contributed by atoms with E-state index in [1.165, 1.54) is 0 Å². The highest BCUT2D eigenvalue weighted by atomic mass is 16.5. The first-order valence-corrected chi connectivity index (χ1v) is 6.97. The third kappa shape index (κ3) is 3.93. The molecule has 0 aromatic carbocycles. The SMILES string of the molecule is CN1CCC(Oc2ccc(CNC(C)(C)C)nc2)C1=O. The predicted molar refractivity (Wildman–Crippen MR) is 77.5 cm³/mol. The van der Waals surface area contributed by atoms with Crippen molar-refractivity contribution in [2.24, 2.45) is 0 Å². The molecule has 2 rings (SSSR count). The fourth-order valence-electron chi connectivity index (χ4n) is 2.00. The second kappa shape index (κ2) is 5.79. The Morgan fingerprint density at radius 1 is 1.45 bits per heavy atom. The van der Waals surface area contributed by atoms with Crippen molar-refractivity contribution in [2.75, 3.05) is 13.6 Å². The molecule has 1 unspecified atom stereocenters. The maximum absolute atomic E-state index is 11.8. The number of likely N-dealkylation sites (N-methyl/N-ethyl adjacent to an activating group) is 1. The van der Waals surface area contributed by atoms with Gasteiger partial charge in [-0.05, 0) is 32.9 Å². The molecule has 0 radical (unpaired) electrons. The van der Waals surface area contributed by atoms with Crippen LogP contribution in [0, 0.1) is 0 Å². The van der Waals surface area contributed by atoms with Gasteiger partial charge >= 0.3 is 0 Å². The van der Waals surface area contributed by atoms with Crippen molar-refractivity contribution in [2.45, 2.75) is 45.4 Å². The van der Waals surface area contributed by atoms with Gasteiger partial charge in [0.05, 0.1) is 11.9 Å². The Hall–Kier alpha value is -1.62. The highest BCUT2D eigenvalue weighted by molar-refractivity contribution is 5.83. The van der Waals surface area contributed by atoms with Gasteiger partial charge in [0.15, 0.2) is 6.10 Å². The number of likely N-dealkylation sites (tertiary alicyclic amines) is 1. The second-order valence-corrected chi connectivity index (χ2v) is 6.24. The molecule has 1 N–H and O–H groups in total. The number of carbonyl (C=O) groups excluding carboxylic acids is 1. The standard InChI is InChI=1S/C15H23N3O2/c1-15(2,3)17-9-11-5-6-12(10-16-11)20-13-7-8-18(4)14(13)19/h5-6,10,13,17H,7-9H2,1-4H3. The maximum atomic E-state index is 11.8. The number of pyridine rings is 1. The summed E-state index contributed by atoms with van der Waals surface area (Å²) in [5.41, 5.74) is 1.03. The fourth-order valence-corrected chi connectivity index (χ4v) is 2.00. The highest BCUT2D eigenvalue weighted by Gasteiger charge is 2.30. The first-order chi connectivity index (χ1) is 9.35. The smallest absolute Gasteiger partial charge is 0.263 e. The summed E-state index contributed by atoms with van der Waals surface area (Å²) in [5, 5.41) is 3.38. The topological polar surface area (TPSA) is 54.5 Å². The lowest BCUT2D eigenvalue weighted by atomic mass is 10.1. The van der Waals surface area contributed by atoms with E-state index >= 15 is 0 Å². The number of nitrogens with one attached hydrogen (secondary N) is 1. The maximum Gasteiger partial charge on any atom is 0.263 e. The van der Waals surface area contributed by atoms with Gasteiger partial charge in [-0.15, -0.1) is 0 Å². The number of ether oxygens (including phenoxy) is 1. The lowest BCUT2D eigenvalue weighted by Crippen LogP contribution is -2.35. The van der Waals surface area contributed by atoms with Crippen LogP contribution in [-0.4, -0.2) is 41.0 Å². The lowest BCUT2D eigenvalue weighted by molar-refractivity contribution is -0.132. The van der Waals surface area contributed by atoms with Gasteiger partial charge in [0, 0.05) is 32.1 Å². The molecule has 1 amide bonds. The lowest BCUT2D eigenvalue weighted by Gasteiger charge is -2.20. The van der Waals surface area contributed by atoms with Gasteiger partial charge in [-0.1, -0.05) is 0 Å². The minimum Gasteiger partial charge on any atom is -0.479 e. The van der Waals surface area contributed by atoms with Crippen molar-refractivity contribution >= 4 is 5.91 Å². The Morgan fingerprint density at radius 3 is 2.70 bits per heavy atom. The minimum atomic E-state index is -0.361. The first-order valence-electron chi connectivity index (χ1n) is 6.97. The number of aromatic nitrogens is 1.